The molecule has 0 aromatic carbocycles. The molecule has 1 aromatic rings. The highest BCUT2D eigenvalue weighted by Gasteiger charge is 2.28. The Bertz CT molecular complexity index is 482. The van der Waals surface area contributed by atoms with Crippen LogP contribution in [-0.2, 0) is 10.2 Å². The number of amides is 1. The molecule has 0 spiro atoms. The van der Waals surface area contributed by atoms with Crippen molar-refractivity contribution in [3.05, 3.63) is 17.6 Å². The van der Waals surface area contributed by atoms with E-state index in [-0.39, 0.29) is 11.3 Å². The molecule has 19 heavy (non-hydrogen) atoms. The number of carbonyl (C=O) groups excluding carboxylic acids is 1. The predicted molar refractivity (Wildman–Crippen MR) is 71.0 cm³/mol. The molecule has 1 aromatic heterocycles. The van der Waals surface area contributed by atoms with Gasteiger partial charge in [-0.3, -0.25) is 4.79 Å². The second-order valence-electron chi connectivity index (χ2n) is 5.59. The van der Waals surface area contributed by atoms with Crippen LogP contribution in [0.1, 0.15) is 38.2 Å². The fraction of sp³-hybridized carbons (Fsp3) is 0.615. The molecule has 2 rings (SSSR count). The van der Waals surface area contributed by atoms with E-state index in [0.29, 0.717) is 23.8 Å². The van der Waals surface area contributed by atoms with Crippen LogP contribution in [0.5, 0.6) is 5.88 Å². The van der Waals surface area contributed by atoms with Crippen LogP contribution in [0.4, 0.5) is 0 Å². The van der Waals surface area contributed by atoms with Crippen molar-refractivity contribution in [2.45, 2.75) is 32.2 Å². The summed E-state index contributed by atoms with van der Waals surface area (Å²) in [5.41, 5.74) is 0.515. The average molecular weight is 264 g/mol. The van der Waals surface area contributed by atoms with Gasteiger partial charge < -0.3 is 15.4 Å². The fourth-order valence-corrected chi connectivity index (χ4v) is 1.95. The number of aromatic nitrogens is 2. The van der Waals surface area contributed by atoms with Crippen molar-refractivity contribution in [1.29, 1.82) is 0 Å². The van der Waals surface area contributed by atoms with E-state index in [1.807, 2.05) is 20.8 Å². The van der Waals surface area contributed by atoms with Gasteiger partial charge in [-0.2, -0.15) is 4.98 Å². The maximum atomic E-state index is 11.9. The van der Waals surface area contributed by atoms with Crippen molar-refractivity contribution in [2.75, 3.05) is 20.2 Å². The quantitative estimate of drug-likeness (QED) is 0.815. The van der Waals surface area contributed by atoms with Crippen LogP contribution in [0.15, 0.2) is 6.20 Å². The second-order valence-corrected chi connectivity index (χ2v) is 5.59. The van der Waals surface area contributed by atoms with Gasteiger partial charge in [-0.05, 0) is 0 Å². The number of hydrogen-bond donors (Lipinski definition) is 2. The molecular formula is C13H20N4O2. The summed E-state index contributed by atoms with van der Waals surface area (Å²) in [6, 6.07) is -0.447. The van der Waals surface area contributed by atoms with E-state index in [2.05, 4.69) is 20.6 Å². The molecule has 2 N–H and O–H groups in total. The van der Waals surface area contributed by atoms with Gasteiger partial charge in [0.15, 0.2) is 0 Å². The summed E-state index contributed by atoms with van der Waals surface area (Å²) in [6.07, 6.45) is 1.68. The summed E-state index contributed by atoms with van der Waals surface area (Å²) in [5.74, 6) is 1.08. The molecule has 1 amide bonds. The minimum Gasteiger partial charge on any atom is -0.481 e. The number of methoxy groups -OCH3 is 1. The number of carbonyl (C=O) groups is 1. The number of hydrogen-bond acceptors (Lipinski definition) is 5. The van der Waals surface area contributed by atoms with Gasteiger partial charge in [0.1, 0.15) is 11.9 Å². The van der Waals surface area contributed by atoms with Gasteiger partial charge in [0.2, 0.25) is 11.8 Å². The van der Waals surface area contributed by atoms with Crippen LogP contribution in [-0.4, -0.2) is 36.1 Å². The van der Waals surface area contributed by atoms with Crippen molar-refractivity contribution < 1.29 is 9.53 Å². The zero-order valence-electron chi connectivity index (χ0n) is 11.8. The summed E-state index contributed by atoms with van der Waals surface area (Å²) in [6.45, 7) is 7.46. The Morgan fingerprint density at radius 2 is 2.11 bits per heavy atom. The normalized spacial score (nSPS) is 20.0. The molecule has 0 radical (unpaired) electrons. The highest BCUT2D eigenvalue weighted by molar-refractivity contribution is 5.84. The van der Waals surface area contributed by atoms with Crippen molar-refractivity contribution in [3.8, 4) is 5.88 Å². The lowest BCUT2D eigenvalue weighted by atomic mass is 9.95. The minimum absolute atomic E-state index is 0.0725. The first-order valence-corrected chi connectivity index (χ1v) is 6.36. The Balaban J connectivity index is 2.38. The van der Waals surface area contributed by atoms with Crippen molar-refractivity contribution >= 4 is 5.91 Å². The van der Waals surface area contributed by atoms with Gasteiger partial charge in [-0.25, -0.2) is 4.98 Å². The molecule has 2 heterocycles. The Labute approximate surface area is 113 Å². The molecule has 6 nitrogen and oxygen atoms in total. The van der Waals surface area contributed by atoms with E-state index >= 15 is 0 Å². The van der Waals surface area contributed by atoms with E-state index in [4.69, 9.17) is 4.74 Å². The Morgan fingerprint density at radius 1 is 1.37 bits per heavy atom. The summed E-state index contributed by atoms with van der Waals surface area (Å²) in [5, 5.41) is 5.96. The average Bonchev–Trinajstić information content (AvgIpc) is 2.37. The molecule has 6 heteroatoms. The summed E-state index contributed by atoms with van der Waals surface area (Å²) < 4.78 is 5.31. The lowest BCUT2D eigenvalue weighted by Crippen LogP contribution is -2.47. The van der Waals surface area contributed by atoms with Crippen LogP contribution in [0.25, 0.3) is 0 Å². The standard InChI is InChI=1S/C13H20N4O2/c1-13(2,3)12-16-7-8(11(17-12)19-4)9-10(18)15-6-5-14-9/h7,9,14H,5-6H2,1-4H3,(H,15,18). The number of rotatable bonds is 2. The largest absolute Gasteiger partial charge is 0.481 e. The van der Waals surface area contributed by atoms with Gasteiger partial charge >= 0.3 is 0 Å². The van der Waals surface area contributed by atoms with Gasteiger partial charge in [-0.1, -0.05) is 20.8 Å². The fourth-order valence-electron chi connectivity index (χ4n) is 1.95. The maximum Gasteiger partial charge on any atom is 0.242 e. The Hall–Kier alpha value is -1.69. The molecule has 0 bridgehead atoms. The van der Waals surface area contributed by atoms with E-state index in [1.54, 1.807) is 13.3 Å². The monoisotopic (exact) mass is 264 g/mol. The maximum absolute atomic E-state index is 11.9. The third-order valence-electron chi connectivity index (χ3n) is 2.99. The van der Waals surface area contributed by atoms with Crippen molar-refractivity contribution in [2.24, 2.45) is 0 Å². The lowest BCUT2D eigenvalue weighted by Gasteiger charge is -2.25. The first-order valence-electron chi connectivity index (χ1n) is 6.36. The van der Waals surface area contributed by atoms with Gasteiger partial charge in [0.05, 0.1) is 12.7 Å². The van der Waals surface area contributed by atoms with Crippen LogP contribution < -0.4 is 15.4 Å². The smallest absolute Gasteiger partial charge is 0.242 e. The number of nitrogens with one attached hydrogen (secondary N) is 2. The summed E-state index contributed by atoms with van der Waals surface area (Å²) >= 11 is 0. The van der Waals surface area contributed by atoms with Crippen molar-refractivity contribution in [3.63, 3.8) is 0 Å². The van der Waals surface area contributed by atoms with Gasteiger partial charge in [-0.15, -0.1) is 0 Å². The number of nitrogens with zero attached hydrogens (tertiary/aromatic N) is 2. The molecule has 1 aliphatic rings. The first kappa shape index (κ1) is 13.7. The molecule has 0 saturated carbocycles. The molecule has 1 fully saturated rings. The third-order valence-corrected chi connectivity index (χ3v) is 2.99. The SMILES string of the molecule is COc1nc(C(C)(C)C)ncc1C1NCCNC1=O. The Kier molecular flexibility index (Phi) is 3.71. The third kappa shape index (κ3) is 2.84. The topological polar surface area (TPSA) is 76.1 Å². The number of piperazine rings is 1. The zero-order valence-corrected chi connectivity index (χ0v) is 11.8. The summed E-state index contributed by atoms with van der Waals surface area (Å²) in [4.78, 5) is 20.6. The molecule has 1 saturated heterocycles. The summed E-state index contributed by atoms with van der Waals surface area (Å²) in [7, 11) is 1.55. The molecule has 0 aliphatic carbocycles. The lowest BCUT2D eigenvalue weighted by molar-refractivity contribution is -0.124. The van der Waals surface area contributed by atoms with Gasteiger partial charge in [0, 0.05) is 24.7 Å². The van der Waals surface area contributed by atoms with Crippen molar-refractivity contribution in [1.82, 2.24) is 20.6 Å². The molecular weight excluding hydrogens is 244 g/mol. The second kappa shape index (κ2) is 5.13. The highest BCUT2D eigenvalue weighted by Crippen LogP contribution is 2.27. The predicted octanol–water partition coefficient (Wildman–Crippen LogP) is 0.543. The van der Waals surface area contributed by atoms with Gasteiger partial charge in [0.25, 0.3) is 0 Å². The molecule has 1 atom stereocenters. The van der Waals surface area contributed by atoms with Crippen LogP contribution in [0.3, 0.4) is 0 Å². The Morgan fingerprint density at radius 3 is 2.68 bits per heavy atom. The van der Waals surface area contributed by atoms with Crippen LogP contribution in [0, 0.1) is 0 Å². The van der Waals surface area contributed by atoms with E-state index in [9.17, 15) is 4.79 Å². The highest BCUT2D eigenvalue weighted by atomic mass is 16.5. The molecule has 1 unspecified atom stereocenters. The van der Waals surface area contributed by atoms with E-state index in [0.717, 1.165) is 6.54 Å². The van der Waals surface area contributed by atoms with Crippen LogP contribution in [0.2, 0.25) is 0 Å². The minimum atomic E-state index is -0.447. The van der Waals surface area contributed by atoms with E-state index < -0.39 is 6.04 Å². The molecule has 1 aliphatic heterocycles. The zero-order chi connectivity index (χ0) is 14.0. The van der Waals surface area contributed by atoms with E-state index in [1.165, 1.54) is 0 Å². The molecule has 104 valence electrons. The first-order chi connectivity index (χ1) is 8.93. The number of ether oxygens (including phenoxy) is 1. The van der Waals surface area contributed by atoms with Crippen LogP contribution >= 0.6 is 0 Å².